The van der Waals surface area contributed by atoms with Gasteiger partial charge in [0, 0.05) is 44.8 Å². The minimum atomic E-state index is -0.0786. The molecule has 0 saturated carbocycles. The van der Waals surface area contributed by atoms with E-state index in [2.05, 4.69) is 31.1 Å². The SMILES string of the molecule is O=C(NCCN1CCNCC1)c1cccc(-n2cnnn2)c1. The third-order valence-electron chi connectivity index (χ3n) is 3.65. The number of hydrogen-bond acceptors (Lipinski definition) is 6. The van der Waals surface area contributed by atoms with Crippen molar-refractivity contribution in [3.63, 3.8) is 0 Å². The molecule has 1 saturated heterocycles. The molecule has 0 spiro atoms. The predicted octanol–water partition coefficient (Wildman–Crippen LogP) is -0.703. The highest BCUT2D eigenvalue weighted by atomic mass is 16.1. The van der Waals surface area contributed by atoms with E-state index in [4.69, 9.17) is 0 Å². The lowest BCUT2D eigenvalue weighted by molar-refractivity contribution is 0.0947. The number of rotatable bonds is 5. The van der Waals surface area contributed by atoms with Crippen molar-refractivity contribution in [1.29, 1.82) is 0 Å². The van der Waals surface area contributed by atoms with Crippen molar-refractivity contribution in [2.24, 2.45) is 0 Å². The number of hydrogen-bond donors (Lipinski definition) is 2. The molecule has 0 aliphatic carbocycles. The predicted molar refractivity (Wildman–Crippen MR) is 80.8 cm³/mol. The summed E-state index contributed by atoms with van der Waals surface area (Å²) in [6.07, 6.45) is 1.50. The van der Waals surface area contributed by atoms with Crippen molar-refractivity contribution in [1.82, 2.24) is 35.7 Å². The smallest absolute Gasteiger partial charge is 0.251 e. The number of carbonyl (C=O) groups excluding carboxylic acids is 1. The lowest BCUT2D eigenvalue weighted by atomic mass is 10.2. The molecule has 0 bridgehead atoms. The Kier molecular flexibility index (Phi) is 4.71. The molecule has 8 nitrogen and oxygen atoms in total. The number of benzene rings is 1. The summed E-state index contributed by atoms with van der Waals surface area (Å²) >= 11 is 0. The molecule has 0 radical (unpaired) electrons. The summed E-state index contributed by atoms with van der Waals surface area (Å²) in [6, 6.07) is 7.24. The Balaban J connectivity index is 1.54. The normalized spacial score (nSPS) is 15.6. The van der Waals surface area contributed by atoms with E-state index in [1.54, 1.807) is 12.1 Å². The van der Waals surface area contributed by atoms with Gasteiger partial charge in [0.2, 0.25) is 0 Å². The molecule has 2 N–H and O–H groups in total. The Morgan fingerprint density at radius 2 is 2.18 bits per heavy atom. The van der Waals surface area contributed by atoms with Gasteiger partial charge >= 0.3 is 0 Å². The Bertz CT molecular complexity index is 607. The second-order valence-corrected chi connectivity index (χ2v) is 5.15. The van der Waals surface area contributed by atoms with Gasteiger partial charge in [-0.2, -0.15) is 0 Å². The van der Waals surface area contributed by atoms with E-state index in [9.17, 15) is 4.79 Å². The van der Waals surface area contributed by atoms with E-state index in [-0.39, 0.29) is 5.91 Å². The molecular weight excluding hydrogens is 282 g/mol. The van der Waals surface area contributed by atoms with Crippen molar-refractivity contribution < 1.29 is 4.79 Å². The highest BCUT2D eigenvalue weighted by molar-refractivity contribution is 5.94. The second-order valence-electron chi connectivity index (χ2n) is 5.15. The van der Waals surface area contributed by atoms with Gasteiger partial charge in [0.15, 0.2) is 0 Å². The van der Waals surface area contributed by atoms with Crippen LogP contribution in [-0.4, -0.2) is 70.3 Å². The van der Waals surface area contributed by atoms with Gasteiger partial charge in [-0.3, -0.25) is 9.69 Å². The van der Waals surface area contributed by atoms with Gasteiger partial charge in [-0.05, 0) is 28.6 Å². The molecule has 1 aliphatic rings. The number of aromatic nitrogens is 4. The molecule has 2 aromatic rings. The minimum Gasteiger partial charge on any atom is -0.351 e. The summed E-state index contributed by atoms with van der Waals surface area (Å²) in [5, 5.41) is 17.3. The molecule has 0 unspecified atom stereocenters. The van der Waals surface area contributed by atoms with Crippen LogP contribution in [-0.2, 0) is 0 Å². The Morgan fingerprint density at radius 1 is 1.32 bits per heavy atom. The van der Waals surface area contributed by atoms with Crippen LogP contribution in [0.15, 0.2) is 30.6 Å². The third-order valence-corrected chi connectivity index (χ3v) is 3.65. The average molecular weight is 301 g/mol. The standard InChI is InChI=1S/C14H19N7O/c22-14(16-6-9-20-7-4-15-5-8-20)12-2-1-3-13(10-12)21-11-17-18-19-21/h1-3,10-11,15H,4-9H2,(H,16,22). The van der Waals surface area contributed by atoms with Crippen LogP contribution in [0.2, 0.25) is 0 Å². The van der Waals surface area contributed by atoms with Crippen LogP contribution in [0.5, 0.6) is 0 Å². The van der Waals surface area contributed by atoms with Crippen molar-refractivity contribution in [2.75, 3.05) is 39.3 Å². The molecule has 0 atom stereocenters. The quantitative estimate of drug-likeness (QED) is 0.759. The van der Waals surface area contributed by atoms with Gasteiger partial charge in [0.1, 0.15) is 6.33 Å². The summed E-state index contributed by atoms with van der Waals surface area (Å²) in [7, 11) is 0. The fraction of sp³-hybridized carbons (Fsp3) is 0.429. The monoisotopic (exact) mass is 301 g/mol. The number of nitrogens with zero attached hydrogens (tertiary/aromatic N) is 5. The molecule has 3 rings (SSSR count). The lowest BCUT2D eigenvalue weighted by Gasteiger charge is -2.27. The highest BCUT2D eigenvalue weighted by Crippen LogP contribution is 2.08. The molecule has 22 heavy (non-hydrogen) atoms. The van der Waals surface area contributed by atoms with Crippen LogP contribution < -0.4 is 10.6 Å². The van der Waals surface area contributed by atoms with Gasteiger partial charge in [-0.25, -0.2) is 4.68 Å². The fourth-order valence-corrected chi connectivity index (χ4v) is 2.43. The van der Waals surface area contributed by atoms with E-state index in [1.807, 2.05) is 12.1 Å². The van der Waals surface area contributed by atoms with E-state index in [1.165, 1.54) is 11.0 Å². The van der Waals surface area contributed by atoms with Crippen LogP contribution in [0.4, 0.5) is 0 Å². The maximum absolute atomic E-state index is 12.2. The largest absolute Gasteiger partial charge is 0.351 e. The summed E-state index contributed by atoms with van der Waals surface area (Å²) in [5.41, 5.74) is 1.37. The number of nitrogens with one attached hydrogen (secondary N) is 2. The van der Waals surface area contributed by atoms with Crippen LogP contribution in [0.3, 0.4) is 0 Å². The van der Waals surface area contributed by atoms with Gasteiger partial charge < -0.3 is 10.6 Å². The summed E-state index contributed by atoms with van der Waals surface area (Å²) in [4.78, 5) is 14.5. The van der Waals surface area contributed by atoms with Gasteiger partial charge in [-0.1, -0.05) is 6.07 Å². The Morgan fingerprint density at radius 3 is 2.95 bits per heavy atom. The minimum absolute atomic E-state index is 0.0786. The van der Waals surface area contributed by atoms with Gasteiger partial charge in [0.25, 0.3) is 5.91 Å². The molecule has 1 fully saturated rings. The molecule has 2 heterocycles. The van der Waals surface area contributed by atoms with E-state index in [0.29, 0.717) is 12.1 Å². The fourth-order valence-electron chi connectivity index (χ4n) is 2.43. The lowest BCUT2D eigenvalue weighted by Crippen LogP contribution is -2.46. The topological polar surface area (TPSA) is 88.0 Å². The Hall–Kier alpha value is -2.32. The van der Waals surface area contributed by atoms with Gasteiger partial charge in [0.05, 0.1) is 5.69 Å². The molecule has 8 heteroatoms. The molecule has 1 amide bonds. The van der Waals surface area contributed by atoms with E-state index < -0.39 is 0 Å². The maximum Gasteiger partial charge on any atom is 0.251 e. The zero-order chi connectivity index (χ0) is 15.2. The molecule has 1 aromatic heterocycles. The average Bonchev–Trinajstić information content (AvgIpc) is 3.10. The summed E-state index contributed by atoms with van der Waals surface area (Å²) < 4.78 is 1.53. The van der Waals surface area contributed by atoms with Crippen LogP contribution >= 0.6 is 0 Å². The molecule has 1 aliphatic heterocycles. The van der Waals surface area contributed by atoms with Gasteiger partial charge in [-0.15, -0.1) is 5.10 Å². The van der Waals surface area contributed by atoms with Crippen LogP contribution in [0.25, 0.3) is 5.69 Å². The Labute approximate surface area is 128 Å². The first-order valence-corrected chi connectivity index (χ1v) is 7.37. The number of tetrazole rings is 1. The highest BCUT2D eigenvalue weighted by Gasteiger charge is 2.11. The first kappa shape index (κ1) is 14.6. The van der Waals surface area contributed by atoms with Crippen molar-refractivity contribution >= 4 is 5.91 Å². The summed E-state index contributed by atoms with van der Waals surface area (Å²) in [6.45, 7) is 5.62. The molecule has 1 aromatic carbocycles. The van der Waals surface area contributed by atoms with Crippen LogP contribution in [0.1, 0.15) is 10.4 Å². The zero-order valence-electron chi connectivity index (χ0n) is 12.3. The number of amides is 1. The second kappa shape index (κ2) is 7.10. The third kappa shape index (κ3) is 3.66. The number of piperazine rings is 1. The van der Waals surface area contributed by atoms with E-state index in [0.717, 1.165) is 38.4 Å². The van der Waals surface area contributed by atoms with Crippen molar-refractivity contribution in [3.8, 4) is 5.69 Å². The van der Waals surface area contributed by atoms with E-state index >= 15 is 0 Å². The molecular formula is C14H19N7O. The zero-order valence-corrected chi connectivity index (χ0v) is 12.3. The first-order chi connectivity index (χ1) is 10.8. The first-order valence-electron chi connectivity index (χ1n) is 7.37. The number of carbonyl (C=O) groups is 1. The van der Waals surface area contributed by atoms with Crippen molar-refractivity contribution in [3.05, 3.63) is 36.2 Å². The maximum atomic E-state index is 12.2. The van der Waals surface area contributed by atoms with Crippen LogP contribution in [0, 0.1) is 0 Å². The summed E-state index contributed by atoms with van der Waals surface area (Å²) in [5.74, 6) is -0.0786. The molecule has 116 valence electrons. The van der Waals surface area contributed by atoms with Crippen molar-refractivity contribution in [2.45, 2.75) is 0 Å².